The fourth-order valence-electron chi connectivity index (χ4n) is 1.76. The lowest BCUT2D eigenvalue weighted by atomic mass is 9.94. The number of methoxy groups -OCH3 is 1. The first-order chi connectivity index (χ1) is 5.71. The van der Waals surface area contributed by atoms with E-state index in [1.54, 1.807) is 7.11 Å². The highest BCUT2D eigenvalue weighted by Gasteiger charge is 2.45. The van der Waals surface area contributed by atoms with Gasteiger partial charge >= 0.3 is 0 Å². The van der Waals surface area contributed by atoms with Gasteiger partial charge in [0.25, 0.3) is 0 Å². The van der Waals surface area contributed by atoms with Gasteiger partial charge in [0, 0.05) is 13.7 Å². The van der Waals surface area contributed by atoms with E-state index < -0.39 is 0 Å². The van der Waals surface area contributed by atoms with Crippen LogP contribution in [0, 0.1) is 5.41 Å². The minimum Gasteiger partial charge on any atom is -0.393 e. The highest BCUT2D eigenvalue weighted by atomic mass is 16.5. The molecule has 0 radical (unpaired) electrons. The molecular formula is C10H20O2. The Balaban J connectivity index is 2.06. The second kappa shape index (κ2) is 4.24. The fourth-order valence-corrected chi connectivity index (χ4v) is 1.76. The summed E-state index contributed by atoms with van der Waals surface area (Å²) in [6.45, 7) is 2.78. The zero-order chi connectivity index (χ0) is 9.03. The molecule has 2 nitrogen and oxygen atoms in total. The summed E-state index contributed by atoms with van der Waals surface area (Å²) in [6.07, 6.45) is 5.83. The molecule has 0 heterocycles. The Morgan fingerprint density at radius 1 is 1.42 bits per heavy atom. The van der Waals surface area contributed by atoms with Gasteiger partial charge in [-0.2, -0.15) is 0 Å². The summed E-state index contributed by atoms with van der Waals surface area (Å²) in [7, 11) is 1.74. The van der Waals surface area contributed by atoms with Crippen LogP contribution >= 0.6 is 0 Å². The predicted molar refractivity (Wildman–Crippen MR) is 49.1 cm³/mol. The van der Waals surface area contributed by atoms with Crippen molar-refractivity contribution in [3.05, 3.63) is 0 Å². The molecule has 0 amide bonds. The number of hydrogen-bond donors (Lipinski definition) is 1. The van der Waals surface area contributed by atoms with Crippen LogP contribution in [0.2, 0.25) is 0 Å². The molecule has 0 aromatic heterocycles. The van der Waals surface area contributed by atoms with Crippen molar-refractivity contribution < 1.29 is 9.84 Å². The third-order valence-electron chi connectivity index (χ3n) is 3.05. The third-order valence-corrected chi connectivity index (χ3v) is 3.05. The van der Waals surface area contributed by atoms with Crippen LogP contribution in [-0.4, -0.2) is 24.9 Å². The monoisotopic (exact) mass is 172 g/mol. The van der Waals surface area contributed by atoms with Crippen molar-refractivity contribution in [3.63, 3.8) is 0 Å². The summed E-state index contributed by atoms with van der Waals surface area (Å²) in [5, 5.41) is 9.47. The van der Waals surface area contributed by atoms with E-state index >= 15 is 0 Å². The molecule has 1 aliphatic carbocycles. The quantitative estimate of drug-likeness (QED) is 0.621. The molecule has 12 heavy (non-hydrogen) atoms. The van der Waals surface area contributed by atoms with E-state index in [9.17, 15) is 5.11 Å². The van der Waals surface area contributed by atoms with Crippen LogP contribution < -0.4 is 0 Å². The number of hydrogen-bond acceptors (Lipinski definition) is 2. The van der Waals surface area contributed by atoms with Crippen LogP contribution in [0.3, 0.4) is 0 Å². The van der Waals surface area contributed by atoms with Crippen LogP contribution in [0.1, 0.15) is 39.0 Å². The van der Waals surface area contributed by atoms with E-state index in [1.807, 2.05) is 6.92 Å². The van der Waals surface area contributed by atoms with E-state index in [2.05, 4.69) is 0 Å². The van der Waals surface area contributed by atoms with Gasteiger partial charge in [0.05, 0.1) is 6.10 Å². The molecule has 0 aliphatic heterocycles. The standard InChI is InChI=1S/C10H20O2/c1-9(11)10(6-7-10)5-3-4-8-12-2/h9,11H,3-8H2,1-2H3. The maximum Gasteiger partial charge on any atom is 0.0568 e. The molecule has 1 fully saturated rings. The van der Waals surface area contributed by atoms with Gasteiger partial charge in [-0.25, -0.2) is 0 Å². The van der Waals surface area contributed by atoms with Crippen molar-refractivity contribution in [2.75, 3.05) is 13.7 Å². The first-order valence-corrected chi connectivity index (χ1v) is 4.88. The predicted octanol–water partition coefficient (Wildman–Crippen LogP) is 1.96. The number of ether oxygens (including phenoxy) is 1. The number of rotatable bonds is 6. The molecule has 0 aromatic carbocycles. The van der Waals surface area contributed by atoms with E-state index in [0.29, 0.717) is 5.41 Å². The van der Waals surface area contributed by atoms with Crippen molar-refractivity contribution in [2.24, 2.45) is 5.41 Å². The lowest BCUT2D eigenvalue weighted by Crippen LogP contribution is -2.17. The van der Waals surface area contributed by atoms with Crippen molar-refractivity contribution in [1.29, 1.82) is 0 Å². The summed E-state index contributed by atoms with van der Waals surface area (Å²) in [6, 6.07) is 0. The average Bonchev–Trinajstić information content (AvgIpc) is 2.79. The Labute approximate surface area is 74.9 Å². The Bertz CT molecular complexity index is 128. The molecule has 1 unspecified atom stereocenters. The van der Waals surface area contributed by atoms with E-state index in [0.717, 1.165) is 13.0 Å². The van der Waals surface area contributed by atoms with E-state index in [1.165, 1.54) is 25.7 Å². The van der Waals surface area contributed by atoms with Gasteiger partial charge in [0.15, 0.2) is 0 Å². The summed E-state index contributed by atoms with van der Waals surface area (Å²) >= 11 is 0. The van der Waals surface area contributed by atoms with Gasteiger partial charge in [0.2, 0.25) is 0 Å². The highest BCUT2D eigenvalue weighted by molar-refractivity contribution is 4.96. The molecule has 1 N–H and O–H groups in total. The number of aliphatic hydroxyl groups excluding tert-OH is 1. The third kappa shape index (κ3) is 2.46. The smallest absolute Gasteiger partial charge is 0.0568 e. The fraction of sp³-hybridized carbons (Fsp3) is 1.00. The van der Waals surface area contributed by atoms with Crippen molar-refractivity contribution in [1.82, 2.24) is 0 Å². The largest absolute Gasteiger partial charge is 0.393 e. The zero-order valence-electron chi connectivity index (χ0n) is 8.18. The topological polar surface area (TPSA) is 29.5 Å². The maximum atomic E-state index is 9.47. The molecule has 0 spiro atoms. The molecule has 1 saturated carbocycles. The molecule has 72 valence electrons. The van der Waals surface area contributed by atoms with Gasteiger partial charge in [0.1, 0.15) is 0 Å². The van der Waals surface area contributed by atoms with Gasteiger partial charge in [-0.15, -0.1) is 0 Å². The molecule has 0 saturated heterocycles. The lowest BCUT2D eigenvalue weighted by Gasteiger charge is -2.17. The minimum absolute atomic E-state index is 0.111. The van der Waals surface area contributed by atoms with E-state index in [-0.39, 0.29) is 6.10 Å². The van der Waals surface area contributed by atoms with Gasteiger partial charge in [-0.05, 0) is 38.0 Å². The van der Waals surface area contributed by atoms with Crippen LogP contribution in [0.4, 0.5) is 0 Å². The summed E-state index contributed by atoms with van der Waals surface area (Å²) in [5.41, 5.74) is 0.299. The van der Waals surface area contributed by atoms with Crippen LogP contribution in [0.15, 0.2) is 0 Å². The Hall–Kier alpha value is -0.0800. The maximum absolute atomic E-state index is 9.47. The van der Waals surface area contributed by atoms with Crippen molar-refractivity contribution in [2.45, 2.75) is 45.1 Å². The summed E-state index contributed by atoms with van der Waals surface area (Å²) < 4.78 is 4.97. The summed E-state index contributed by atoms with van der Waals surface area (Å²) in [4.78, 5) is 0. The molecule has 2 heteroatoms. The Morgan fingerprint density at radius 2 is 2.08 bits per heavy atom. The van der Waals surface area contributed by atoms with Crippen molar-refractivity contribution >= 4 is 0 Å². The van der Waals surface area contributed by atoms with Crippen LogP contribution in [0.5, 0.6) is 0 Å². The lowest BCUT2D eigenvalue weighted by molar-refractivity contribution is 0.0998. The van der Waals surface area contributed by atoms with E-state index in [4.69, 9.17) is 4.74 Å². The summed E-state index contributed by atoms with van der Waals surface area (Å²) in [5.74, 6) is 0. The highest BCUT2D eigenvalue weighted by Crippen LogP contribution is 2.52. The van der Waals surface area contributed by atoms with Crippen LogP contribution in [0.25, 0.3) is 0 Å². The van der Waals surface area contributed by atoms with Crippen LogP contribution in [-0.2, 0) is 4.74 Å². The first-order valence-electron chi connectivity index (χ1n) is 4.88. The van der Waals surface area contributed by atoms with Gasteiger partial charge < -0.3 is 9.84 Å². The number of unbranched alkanes of at least 4 members (excludes halogenated alkanes) is 1. The van der Waals surface area contributed by atoms with Gasteiger partial charge in [-0.3, -0.25) is 0 Å². The Kier molecular flexibility index (Phi) is 3.53. The molecule has 0 aromatic rings. The minimum atomic E-state index is -0.111. The second-order valence-electron chi connectivity index (χ2n) is 3.99. The molecule has 0 bridgehead atoms. The first kappa shape index (κ1) is 10.0. The second-order valence-corrected chi connectivity index (χ2v) is 3.99. The molecular weight excluding hydrogens is 152 g/mol. The Morgan fingerprint density at radius 3 is 2.50 bits per heavy atom. The number of aliphatic hydroxyl groups is 1. The zero-order valence-corrected chi connectivity index (χ0v) is 8.18. The SMILES string of the molecule is COCCCCC1(C(C)O)CC1. The van der Waals surface area contributed by atoms with Crippen molar-refractivity contribution in [3.8, 4) is 0 Å². The molecule has 1 rings (SSSR count). The van der Waals surface area contributed by atoms with Gasteiger partial charge in [-0.1, -0.05) is 6.42 Å². The molecule has 1 aliphatic rings. The molecule has 1 atom stereocenters. The average molecular weight is 172 g/mol. The normalized spacial score (nSPS) is 22.2.